The van der Waals surface area contributed by atoms with Crippen molar-refractivity contribution in [3.63, 3.8) is 0 Å². The molecule has 112 valence electrons. The van der Waals surface area contributed by atoms with Crippen molar-refractivity contribution < 1.29 is 4.79 Å². The number of nitrogens with one attached hydrogen (secondary N) is 1. The summed E-state index contributed by atoms with van der Waals surface area (Å²) in [6.45, 7) is 4.07. The molecule has 1 aromatic heterocycles. The maximum absolute atomic E-state index is 12.0. The summed E-state index contributed by atoms with van der Waals surface area (Å²) in [5, 5.41) is 5.93. The molecule has 1 unspecified atom stereocenters. The van der Waals surface area contributed by atoms with Gasteiger partial charge in [-0.15, -0.1) is 11.3 Å². The molecule has 2 rings (SSSR count). The third-order valence-corrected chi connectivity index (χ3v) is 4.02. The van der Waals surface area contributed by atoms with Gasteiger partial charge in [-0.25, -0.2) is 4.98 Å². The number of benzene rings is 1. The predicted octanol–water partition coefficient (Wildman–Crippen LogP) is 3.57. The van der Waals surface area contributed by atoms with E-state index in [9.17, 15) is 4.79 Å². The van der Waals surface area contributed by atoms with Crippen LogP contribution in [-0.2, 0) is 4.79 Å². The minimum Gasteiger partial charge on any atom is -0.325 e. The van der Waals surface area contributed by atoms with Crippen LogP contribution in [-0.4, -0.2) is 16.9 Å². The van der Waals surface area contributed by atoms with Gasteiger partial charge in [0.25, 0.3) is 0 Å². The number of aromatic nitrogens is 1. The first-order chi connectivity index (χ1) is 10.1. The van der Waals surface area contributed by atoms with E-state index in [1.54, 1.807) is 11.3 Å². The highest BCUT2D eigenvalue weighted by molar-refractivity contribution is 7.09. The molecule has 1 amide bonds. The van der Waals surface area contributed by atoms with Crippen LogP contribution in [0.15, 0.2) is 29.6 Å². The average molecular weight is 303 g/mol. The molecule has 3 N–H and O–H groups in total. The lowest BCUT2D eigenvalue weighted by molar-refractivity contribution is -0.117. The largest absolute Gasteiger partial charge is 0.325 e. The summed E-state index contributed by atoms with van der Waals surface area (Å²) in [5.74, 6) is -0.130. The van der Waals surface area contributed by atoms with E-state index in [2.05, 4.69) is 17.2 Å². The van der Waals surface area contributed by atoms with Gasteiger partial charge in [0, 0.05) is 16.6 Å². The number of aryl methyl sites for hydroxylation is 1. The van der Waals surface area contributed by atoms with Crippen LogP contribution < -0.4 is 11.1 Å². The second-order valence-electron chi connectivity index (χ2n) is 5.07. The highest BCUT2D eigenvalue weighted by Crippen LogP contribution is 2.24. The van der Waals surface area contributed by atoms with Crippen molar-refractivity contribution in [2.24, 2.45) is 5.73 Å². The maximum atomic E-state index is 12.0. The van der Waals surface area contributed by atoms with Gasteiger partial charge < -0.3 is 11.1 Å². The molecule has 2 aromatic rings. The topological polar surface area (TPSA) is 68.0 Å². The van der Waals surface area contributed by atoms with Crippen LogP contribution in [0, 0.1) is 6.92 Å². The molecule has 1 atom stereocenters. The van der Waals surface area contributed by atoms with Crippen molar-refractivity contribution >= 4 is 22.9 Å². The molecule has 0 aliphatic heterocycles. The monoisotopic (exact) mass is 303 g/mol. The summed E-state index contributed by atoms with van der Waals surface area (Å²) in [7, 11) is 0. The zero-order valence-electron chi connectivity index (χ0n) is 12.4. The molecule has 0 saturated carbocycles. The minimum absolute atomic E-state index is 0.130. The van der Waals surface area contributed by atoms with E-state index in [1.807, 2.05) is 36.6 Å². The van der Waals surface area contributed by atoms with Crippen molar-refractivity contribution in [2.45, 2.75) is 39.2 Å². The highest BCUT2D eigenvalue weighted by Gasteiger charge is 2.13. The van der Waals surface area contributed by atoms with Crippen molar-refractivity contribution in [3.8, 4) is 11.3 Å². The van der Waals surface area contributed by atoms with Gasteiger partial charge in [0.15, 0.2) is 0 Å². The van der Waals surface area contributed by atoms with Gasteiger partial charge >= 0.3 is 0 Å². The number of thiazole rings is 1. The number of nitrogens with zero attached hydrogens (tertiary/aromatic N) is 1. The fourth-order valence-corrected chi connectivity index (χ4v) is 2.66. The van der Waals surface area contributed by atoms with Crippen molar-refractivity contribution in [3.05, 3.63) is 34.7 Å². The Bertz CT molecular complexity index is 609. The van der Waals surface area contributed by atoms with Crippen LogP contribution in [0.1, 0.15) is 31.2 Å². The van der Waals surface area contributed by atoms with Crippen LogP contribution >= 0.6 is 11.3 Å². The summed E-state index contributed by atoms with van der Waals surface area (Å²) in [4.78, 5) is 16.5. The fraction of sp³-hybridized carbons (Fsp3) is 0.375. The number of rotatable bonds is 6. The molecule has 0 fully saturated rings. The van der Waals surface area contributed by atoms with E-state index in [1.165, 1.54) is 0 Å². The van der Waals surface area contributed by atoms with Gasteiger partial charge in [-0.05, 0) is 25.5 Å². The molecule has 4 nitrogen and oxygen atoms in total. The van der Waals surface area contributed by atoms with E-state index in [-0.39, 0.29) is 5.91 Å². The van der Waals surface area contributed by atoms with Crippen LogP contribution in [0.5, 0.6) is 0 Å². The van der Waals surface area contributed by atoms with Crippen molar-refractivity contribution in [1.29, 1.82) is 0 Å². The Morgan fingerprint density at radius 3 is 2.95 bits per heavy atom. The number of carbonyl (C=O) groups excluding carboxylic acids is 1. The Kier molecular flexibility index (Phi) is 5.47. The lowest BCUT2D eigenvalue weighted by Gasteiger charge is -2.12. The highest BCUT2D eigenvalue weighted by atomic mass is 32.1. The van der Waals surface area contributed by atoms with Gasteiger partial charge in [-0.3, -0.25) is 4.79 Å². The van der Waals surface area contributed by atoms with E-state index in [0.717, 1.165) is 34.8 Å². The smallest absolute Gasteiger partial charge is 0.241 e. The molecule has 0 spiro atoms. The Balaban J connectivity index is 2.06. The molecular weight excluding hydrogens is 282 g/mol. The third kappa shape index (κ3) is 4.37. The summed E-state index contributed by atoms with van der Waals surface area (Å²) in [6, 6.07) is 7.25. The van der Waals surface area contributed by atoms with Crippen molar-refractivity contribution in [1.82, 2.24) is 4.98 Å². The third-order valence-electron chi connectivity index (χ3n) is 3.25. The molecule has 0 radical (unpaired) electrons. The van der Waals surface area contributed by atoms with Gasteiger partial charge in [0.2, 0.25) is 5.91 Å². The van der Waals surface area contributed by atoms with Gasteiger partial charge in [-0.1, -0.05) is 31.9 Å². The zero-order chi connectivity index (χ0) is 15.2. The molecule has 21 heavy (non-hydrogen) atoms. The first kappa shape index (κ1) is 15.7. The van der Waals surface area contributed by atoms with Crippen LogP contribution in [0.25, 0.3) is 11.3 Å². The van der Waals surface area contributed by atoms with Gasteiger partial charge in [0.1, 0.15) is 0 Å². The Morgan fingerprint density at radius 2 is 2.29 bits per heavy atom. The number of unbranched alkanes of at least 4 members (excludes halogenated alkanes) is 1. The lowest BCUT2D eigenvalue weighted by atomic mass is 10.1. The van der Waals surface area contributed by atoms with Gasteiger partial charge in [0.05, 0.1) is 16.7 Å². The first-order valence-corrected chi connectivity index (χ1v) is 8.07. The molecule has 0 bridgehead atoms. The summed E-state index contributed by atoms with van der Waals surface area (Å²) < 4.78 is 0. The number of nitrogens with two attached hydrogens (primary N) is 1. The average Bonchev–Trinajstić information content (AvgIpc) is 2.91. The fourth-order valence-electron chi connectivity index (χ4n) is 2.04. The number of anilines is 1. The van der Waals surface area contributed by atoms with E-state index < -0.39 is 6.04 Å². The molecule has 0 aliphatic rings. The Morgan fingerprint density at radius 1 is 1.48 bits per heavy atom. The zero-order valence-corrected chi connectivity index (χ0v) is 13.2. The molecule has 1 aromatic carbocycles. The minimum atomic E-state index is -0.449. The standard InChI is InChI=1S/C16H21N3OS/c1-3-4-8-14(17)16(20)19-13-7-5-6-12(9-13)15-10-21-11(2)18-15/h5-7,9-10,14H,3-4,8,17H2,1-2H3,(H,19,20). The maximum Gasteiger partial charge on any atom is 0.241 e. The van der Waals surface area contributed by atoms with Crippen LogP contribution in [0.2, 0.25) is 0 Å². The summed E-state index contributed by atoms with van der Waals surface area (Å²) in [5.41, 5.74) is 8.57. The second kappa shape index (κ2) is 7.33. The Hall–Kier alpha value is -1.72. The molecule has 0 aliphatic carbocycles. The van der Waals surface area contributed by atoms with Crippen LogP contribution in [0.4, 0.5) is 5.69 Å². The molecule has 5 heteroatoms. The normalized spacial score (nSPS) is 12.1. The number of hydrogen-bond donors (Lipinski definition) is 2. The SMILES string of the molecule is CCCCC(N)C(=O)Nc1cccc(-c2csc(C)n2)c1. The summed E-state index contributed by atoms with van der Waals surface area (Å²) in [6.07, 6.45) is 2.72. The van der Waals surface area contributed by atoms with Crippen LogP contribution in [0.3, 0.4) is 0 Å². The second-order valence-corrected chi connectivity index (χ2v) is 6.13. The predicted molar refractivity (Wildman–Crippen MR) is 88.4 cm³/mol. The summed E-state index contributed by atoms with van der Waals surface area (Å²) >= 11 is 1.61. The lowest BCUT2D eigenvalue weighted by Crippen LogP contribution is -2.35. The van der Waals surface area contributed by atoms with Gasteiger partial charge in [-0.2, -0.15) is 0 Å². The number of hydrogen-bond acceptors (Lipinski definition) is 4. The Labute approximate surface area is 129 Å². The number of carbonyl (C=O) groups is 1. The first-order valence-electron chi connectivity index (χ1n) is 7.19. The number of amides is 1. The molecule has 0 saturated heterocycles. The van der Waals surface area contributed by atoms with E-state index in [4.69, 9.17) is 5.73 Å². The molecular formula is C16H21N3OS. The molecule has 1 heterocycles. The van der Waals surface area contributed by atoms with Crippen molar-refractivity contribution in [2.75, 3.05) is 5.32 Å². The van der Waals surface area contributed by atoms with E-state index >= 15 is 0 Å². The quantitative estimate of drug-likeness (QED) is 0.857. The van der Waals surface area contributed by atoms with E-state index in [0.29, 0.717) is 6.42 Å².